The number of rotatable bonds is 3. The second kappa shape index (κ2) is 5.85. The Balaban J connectivity index is 2.92. The van der Waals surface area contributed by atoms with Gasteiger partial charge in [0.2, 0.25) is 5.91 Å². The third kappa shape index (κ3) is 4.49. The maximum atomic E-state index is 13.1. The monoisotopic (exact) mass is 286 g/mol. The van der Waals surface area contributed by atoms with Gasteiger partial charge in [-0.3, -0.25) is 4.79 Å². The molecule has 3 N–H and O–H groups in total. The van der Waals surface area contributed by atoms with Crippen molar-refractivity contribution in [1.29, 1.82) is 0 Å². The number of benzene rings is 1. The van der Waals surface area contributed by atoms with Crippen molar-refractivity contribution in [2.45, 2.75) is 32.4 Å². The molecule has 1 rings (SSSR count). The topological polar surface area (TPSA) is 81.4 Å². The lowest BCUT2D eigenvalue weighted by Crippen LogP contribution is -2.40. The van der Waals surface area contributed by atoms with Crippen molar-refractivity contribution >= 4 is 12.0 Å². The van der Waals surface area contributed by atoms with Gasteiger partial charge < -0.3 is 15.8 Å². The van der Waals surface area contributed by atoms with E-state index in [9.17, 15) is 18.4 Å². The number of ether oxygens (including phenoxy) is 1. The summed E-state index contributed by atoms with van der Waals surface area (Å²) in [6.07, 6.45) is -0.883. The van der Waals surface area contributed by atoms with Crippen LogP contribution in [0, 0.1) is 11.6 Å². The first-order chi connectivity index (χ1) is 9.10. The number of nitrogens with one attached hydrogen (secondary N) is 1. The van der Waals surface area contributed by atoms with Gasteiger partial charge in [0, 0.05) is 0 Å². The summed E-state index contributed by atoms with van der Waals surface area (Å²) in [6.45, 7) is 4.93. The number of alkyl carbamates (subject to hydrolysis) is 1. The zero-order valence-corrected chi connectivity index (χ0v) is 11.4. The van der Waals surface area contributed by atoms with E-state index in [1.807, 2.05) is 0 Å². The Morgan fingerprint density at radius 1 is 1.25 bits per heavy atom. The summed E-state index contributed by atoms with van der Waals surface area (Å²) in [6, 6.07) is 1.49. The minimum Gasteiger partial charge on any atom is -0.444 e. The number of halogens is 2. The Kier molecular flexibility index (Phi) is 4.65. The van der Waals surface area contributed by atoms with E-state index in [1.165, 1.54) is 0 Å². The third-order valence-electron chi connectivity index (χ3n) is 2.22. The van der Waals surface area contributed by atoms with Gasteiger partial charge in [-0.05, 0) is 38.5 Å². The Bertz CT molecular complexity index is 527. The van der Waals surface area contributed by atoms with Crippen molar-refractivity contribution in [3.05, 3.63) is 35.4 Å². The van der Waals surface area contributed by atoms with Crippen LogP contribution >= 0.6 is 0 Å². The quantitative estimate of drug-likeness (QED) is 0.891. The molecule has 7 heteroatoms. The zero-order chi connectivity index (χ0) is 15.5. The summed E-state index contributed by atoms with van der Waals surface area (Å²) in [5, 5.41) is 2.21. The molecule has 0 aliphatic heterocycles. The van der Waals surface area contributed by atoms with Crippen LogP contribution in [-0.4, -0.2) is 17.6 Å². The van der Waals surface area contributed by atoms with Crippen LogP contribution in [-0.2, 0) is 9.53 Å². The minimum atomic E-state index is -1.31. The molecule has 2 amide bonds. The molecule has 1 unspecified atom stereocenters. The highest BCUT2D eigenvalue weighted by Crippen LogP contribution is 2.17. The summed E-state index contributed by atoms with van der Waals surface area (Å²) in [7, 11) is 0. The molecule has 0 aliphatic rings. The Morgan fingerprint density at radius 3 is 2.30 bits per heavy atom. The van der Waals surface area contributed by atoms with Gasteiger partial charge in [0.1, 0.15) is 11.6 Å². The molecule has 0 spiro atoms. The number of carbonyl (C=O) groups is 2. The normalized spacial score (nSPS) is 12.7. The molecule has 0 bridgehead atoms. The van der Waals surface area contributed by atoms with E-state index in [4.69, 9.17) is 10.5 Å². The average Bonchev–Trinajstić information content (AvgIpc) is 2.27. The fourth-order valence-corrected chi connectivity index (χ4v) is 1.44. The average molecular weight is 286 g/mol. The molecule has 1 aromatic rings. The molecule has 1 atom stereocenters. The highest BCUT2D eigenvalue weighted by atomic mass is 19.2. The lowest BCUT2D eigenvalue weighted by molar-refractivity contribution is -0.120. The van der Waals surface area contributed by atoms with Crippen LogP contribution in [0.4, 0.5) is 13.6 Å². The highest BCUT2D eigenvalue weighted by Gasteiger charge is 2.24. The molecule has 1 aromatic carbocycles. The van der Waals surface area contributed by atoms with E-state index in [0.29, 0.717) is 0 Å². The van der Waals surface area contributed by atoms with Crippen LogP contribution in [0.5, 0.6) is 0 Å². The van der Waals surface area contributed by atoms with Gasteiger partial charge in [-0.25, -0.2) is 13.6 Å². The molecule has 0 saturated carbocycles. The standard InChI is InChI=1S/C13H16F2N2O3/c1-13(2,3)20-12(19)17-10(11(16)18)7-4-5-8(14)9(15)6-7/h4-6,10H,1-3H3,(H2,16,18)(H,17,19). The maximum Gasteiger partial charge on any atom is 0.408 e. The van der Waals surface area contributed by atoms with Crippen molar-refractivity contribution in [2.24, 2.45) is 5.73 Å². The lowest BCUT2D eigenvalue weighted by atomic mass is 10.1. The second-order valence-corrected chi connectivity index (χ2v) is 5.16. The number of nitrogens with two attached hydrogens (primary N) is 1. The molecule has 0 fully saturated rings. The number of primary amides is 1. The van der Waals surface area contributed by atoms with Gasteiger partial charge in [0.25, 0.3) is 0 Å². The maximum absolute atomic E-state index is 13.1. The summed E-state index contributed by atoms with van der Waals surface area (Å²) >= 11 is 0. The lowest BCUT2D eigenvalue weighted by Gasteiger charge is -2.22. The van der Waals surface area contributed by atoms with Gasteiger partial charge in [-0.15, -0.1) is 0 Å². The summed E-state index contributed by atoms with van der Waals surface area (Å²) in [5.74, 6) is -3.11. The second-order valence-electron chi connectivity index (χ2n) is 5.16. The van der Waals surface area contributed by atoms with E-state index in [2.05, 4.69) is 5.32 Å². The Hall–Kier alpha value is -2.18. The van der Waals surface area contributed by atoms with Crippen molar-refractivity contribution in [3.63, 3.8) is 0 Å². The summed E-state index contributed by atoms with van der Waals surface area (Å²) < 4.78 is 31.0. The highest BCUT2D eigenvalue weighted by molar-refractivity contribution is 5.85. The van der Waals surface area contributed by atoms with Crippen LogP contribution in [0.15, 0.2) is 18.2 Å². The summed E-state index contributed by atoms with van der Waals surface area (Å²) in [4.78, 5) is 22.9. The van der Waals surface area contributed by atoms with E-state index in [0.717, 1.165) is 18.2 Å². The van der Waals surface area contributed by atoms with E-state index in [-0.39, 0.29) is 5.56 Å². The number of carbonyl (C=O) groups excluding carboxylic acids is 2. The largest absolute Gasteiger partial charge is 0.444 e. The molecule has 20 heavy (non-hydrogen) atoms. The summed E-state index contributed by atoms with van der Waals surface area (Å²) in [5.41, 5.74) is 4.41. The number of hydrogen-bond donors (Lipinski definition) is 2. The molecule has 0 heterocycles. The van der Waals surface area contributed by atoms with E-state index < -0.39 is 35.3 Å². The zero-order valence-electron chi connectivity index (χ0n) is 11.4. The van der Waals surface area contributed by atoms with E-state index in [1.54, 1.807) is 20.8 Å². The van der Waals surface area contributed by atoms with Gasteiger partial charge in [0.15, 0.2) is 11.6 Å². The van der Waals surface area contributed by atoms with Crippen LogP contribution in [0.3, 0.4) is 0 Å². The molecule has 0 radical (unpaired) electrons. The van der Waals surface area contributed by atoms with E-state index >= 15 is 0 Å². The smallest absolute Gasteiger partial charge is 0.408 e. The third-order valence-corrected chi connectivity index (χ3v) is 2.22. The first-order valence-corrected chi connectivity index (χ1v) is 5.84. The number of hydrogen-bond acceptors (Lipinski definition) is 3. The predicted molar refractivity (Wildman–Crippen MR) is 67.7 cm³/mol. The van der Waals surface area contributed by atoms with Crippen LogP contribution in [0.25, 0.3) is 0 Å². The van der Waals surface area contributed by atoms with Gasteiger partial charge >= 0.3 is 6.09 Å². The van der Waals surface area contributed by atoms with Crippen LogP contribution in [0.1, 0.15) is 32.4 Å². The molecule has 5 nitrogen and oxygen atoms in total. The predicted octanol–water partition coefficient (Wildman–Crippen LogP) is 2.02. The van der Waals surface area contributed by atoms with Gasteiger partial charge in [-0.2, -0.15) is 0 Å². The fraction of sp³-hybridized carbons (Fsp3) is 0.385. The molecular weight excluding hydrogens is 270 g/mol. The molecular formula is C13H16F2N2O3. The molecule has 0 saturated heterocycles. The minimum absolute atomic E-state index is 0.0299. The van der Waals surface area contributed by atoms with Crippen molar-refractivity contribution < 1.29 is 23.1 Å². The number of amides is 2. The first-order valence-electron chi connectivity index (χ1n) is 5.84. The first kappa shape index (κ1) is 15.9. The Labute approximate surface area is 115 Å². The van der Waals surface area contributed by atoms with Crippen LogP contribution < -0.4 is 11.1 Å². The molecule has 110 valence electrons. The molecule has 0 aliphatic carbocycles. The van der Waals surface area contributed by atoms with Gasteiger partial charge in [0.05, 0.1) is 0 Å². The van der Waals surface area contributed by atoms with Crippen LogP contribution in [0.2, 0.25) is 0 Å². The van der Waals surface area contributed by atoms with Crippen molar-refractivity contribution in [2.75, 3.05) is 0 Å². The van der Waals surface area contributed by atoms with Gasteiger partial charge in [-0.1, -0.05) is 6.07 Å². The van der Waals surface area contributed by atoms with Crippen molar-refractivity contribution in [1.82, 2.24) is 5.32 Å². The SMILES string of the molecule is CC(C)(C)OC(=O)NC(C(N)=O)c1ccc(F)c(F)c1. The Morgan fingerprint density at radius 2 is 1.85 bits per heavy atom. The fourth-order valence-electron chi connectivity index (χ4n) is 1.44. The van der Waals surface area contributed by atoms with Crippen molar-refractivity contribution in [3.8, 4) is 0 Å². The molecule has 0 aromatic heterocycles.